The third kappa shape index (κ3) is 1.85. The number of ether oxygens (including phenoxy) is 1. The van der Waals surface area contributed by atoms with Crippen LogP contribution in [0.15, 0.2) is 18.2 Å². The van der Waals surface area contributed by atoms with Gasteiger partial charge in [0.25, 0.3) is 0 Å². The molecule has 1 aromatic carbocycles. The van der Waals surface area contributed by atoms with E-state index in [1.165, 1.54) is 36.8 Å². The Morgan fingerprint density at radius 1 is 1.38 bits per heavy atom. The van der Waals surface area contributed by atoms with E-state index in [9.17, 15) is 0 Å². The van der Waals surface area contributed by atoms with Crippen LogP contribution in [0.5, 0.6) is 5.75 Å². The molecule has 0 unspecified atom stereocenters. The topological polar surface area (TPSA) is 9.23 Å². The Kier molecular flexibility index (Phi) is 2.53. The Hall–Kier alpha value is -0.980. The number of hydrogen-bond acceptors (Lipinski definition) is 1. The number of fused-ring (bicyclic) bond motifs is 1. The first-order valence-electron chi connectivity index (χ1n) is 5.15. The molecule has 0 saturated heterocycles. The summed E-state index contributed by atoms with van der Waals surface area (Å²) in [5.41, 5.74) is 2.85. The molecule has 1 aliphatic rings. The van der Waals surface area contributed by atoms with Gasteiger partial charge in [-0.05, 0) is 36.5 Å². The molecule has 70 valence electrons. The van der Waals surface area contributed by atoms with Crippen molar-refractivity contribution in [3.63, 3.8) is 0 Å². The molecule has 1 nitrogen and oxygen atoms in total. The highest BCUT2D eigenvalue weighted by atomic mass is 16.5. The summed E-state index contributed by atoms with van der Waals surface area (Å²) in [4.78, 5) is 0. The lowest BCUT2D eigenvalue weighted by atomic mass is 10.0. The van der Waals surface area contributed by atoms with Crippen LogP contribution < -0.4 is 4.74 Å². The van der Waals surface area contributed by atoms with Crippen molar-refractivity contribution in [2.24, 2.45) is 0 Å². The average Bonchev–Trinajstić information content (AvgIpc) is 2.18. The van der Waals surface area contributed by atoms with Crippen LogP contribution in [0.1, 0.15) is 30.9 Å². The monoisotopic (exact) mass is 176 g/mol. The van der Waals surface area contributed by atoms with Crippen LogP contribution in [-0.4, -0.2) is 6.61 Å². The molecule has 0 N–H and O–H groups in total. The van der Waals surface area contributed by atoms with Gasteiger partial charge < -0.3 is 4.74 Å². The van der Waals surface area contributed by atoms with Gasteiger partial charge in [-0.2, -0.15) is 0 Å². The van der Waals surface area contributed by atoms with Gasteiger partial charge in [-0.25, -0.2) is 0 Å². The molecular formula is C12H16O. The van der Waals surface area contributed by atoms with Gasteiger partial charge in [0.1, 0.15) is 5.75 Å². The highest BCUT2D eigenvalue weighted by molar-refractivity contribution is 5.38. The summed E-state index contributed by atoms with van der Waals surface area (Å²) in [7, 11) is 0. The van der Waals surface area contributed by atoms with E-state index in [1.54, 1.807) is 0 Å². The first-order valence-corrected chi connectivity index (χ1v) is 5.15. The second-order valence-electron chi connectivity index (χ2n) is 3.64. The van der Waals surface area contributed by atoms with E-state index >= 15 is 0 Å². The summed E-state index contributed by atoms with van der Waals surface area (Å²) in [5.74, 6) is 1.10. The Bertz CT molecular complexity index is 291. The SMILES string of the molecule is CCCc1ccc2c(c1)CCCO2. The van der Waals surface area contributed by atoms with E-state index < -0.39 is 0 Å². The predicted octanol–water partition coefficient (Wildman–Crippen LogP) is 2.96. The molecule has 1 heterocycles. The second-order valence-corrected chi connectivity index (χ2v) is 3.64. The molecule has 0 saturated carbocycles. The molecule has 1 aromatic rings. The number of rotatable bonds is 2. The zero-order valence-electron chi connectivity index (χ0n) is 8.18. The quantitative estimate of drug-likeness (QED) is 0.673. The maximum atomic E-state index is 5.56. The molecule has 0 fully saturated rings. The lowest BCUT2D eigenvalue weighted by molar-refractivity contribution is 0.288. The summed E-state index contributed by atoms with van der Waals surface area (Å²) in [5, 5.41) is 0. The molecule has 0 atom stereocenters. The molecule has 2 rings (SSSR count). The molecule has 0 radical (unpaired) electrons. The van der Waals surface area contributed by atoms with Crippen molar-refractivity contribution in [3.8, 4) is 5.75 Å². The van der Waals surface area contributed by atoms with Crippen LogP contribution in [0.25, 0.3) is 0 Å². The molecule has 0 spiro atoms. The first-order chi connectivity index (χ1) is 6.40. The van der Waals surface area contributed by atoms with Crippen molar-refractivity contribution in [1.82, 2.24) is 0 Å². The second kappa shape index (κ2) is 3.82. The third-order valence-electron chi connectivity index (χ3n) is 2.51. The van der Waals surface area contributed by atoms with Crippen molar-refractivity contribution in [1.29, 1.82) is 0 Å². The van der Waals surface area contributed by atoms with Gasteiger partial charge in [0.15, 0.2) is 0 Å². The fourth-order valence-electron chi connectivity index (χ4n) is 1.86. The number of benzene rings is 1. The zero-order valence-corrected chi connectivity index (χ0v) is 8.18. The minimum atomic E-state index is 0.889. The van der Waals surface area contributed by atoms with E-state index in [0.29, 0.717) is 0 Å². The van der Waals surface area contributed by atoms with Crippen LogP contribution in [-0.2, 0) is 12.8 Å². The molecular weight excluding hydrogens is 160 g/mol. The predicted molar refractivity (Wildman–Crippen MR) is 54.3 cm³/mol. The smallest absolute Gasteiger partial charge is 0.122 e. The maximum Gasteiger partial charge on any atom is 0.122 e. The molecule has 0 aliphatic carbocycles. The number of aryl methyl sites for hydroxylation is 2. The van der Waals surface area contributed by atoms with Crippen LogP contribution in [0.3, 0.4) is 0 Å². The zero-order chi connectivity index (χ0) is 9.10. The average molecular weight is 176 g/mol. The van der Waals surface area contributed by atoms with Crippen molar-refractivity contribution in [2.45, 2.75) is 32.6 Å². The Balaban J connectivity index is 2.24. The molecule has 1 heteroatoms. The van der Waals surface area contributed by atoms with Gasteiger partial charge >= 0.3 is 0 Å². The summed E-state index contributed by atoms with van der Waals surface area (Å²) >= 11 is 0. The van der Waals surface area contributed by atoms with Gasteiger partial charge in [-0.3, -0.25) is 0 Å². The van der Waals surface area contributed by atoms with E-state index in [-0.39, 0.29) is 0 Å². The third-order valence-corrected chi connectivity index (χ3v) is 2.51. The molecule has 0 amide bonds. The lowest BCUT2D eigenvalue weighted by Gasteiger charge is -2.17. The van der Waals surface area contributed by atoms with Gasteiger partial charge in [-0.15, -0.1) is 0 Å². The molecule has 0 aromatic heterocycles. The van der Waals surface area contributed by atoms with Gasteiger partial charge in [0, 0.05) is 0 Å². The Morgan fingerprint density at radius 2 is 2.31 bits per heavy atom. The van der Waals surface area contributed by atoms with E-state index in [1.807, 2.05) is 0 Å². The number of hydrogen-bond donors (Lipinski definition) is 0. The van der Waals surface area contributed by atoms with Crippen LogP contribution in [0.2, 0.25) is 0 Å². The summed E-state index contributed by atoms with van der Waals surface area (Å²) < 4.78 is 5.56. The highest BCUT2D eigenvalue weighted by Crippen LogP contribution is 2.25. The summed E-state index contributed by atoms with van der Waals surface area (Å²) in [6.07, 6.45) is 4.77. The molecule has 1 aliphatic heterocycles. The fourth-order valence-corrected chi connectivity index (χ4v) is 1.86. The Morgan fingerprint density at radius 3 is 3.15 bits per heavy atom. The first kappa shape index (κ1) is 8.61. The molecule has 0 bridgehead atoms. The van der Waals surface area contributed by atoms with Gasteiger partial charge in [-0.1, -0.05) is 25.5 Å². The van der Waals surface area contributed by atoms with Crippen molar-refractivity contribution >= 4 is 0 Å². The minimum Gasteiger partial charge on any atom is -0.493 e. The van der Waals surface area contributed by atoms with E-state index in [0.717, 1.165) is 12.4 Å². The minimum absolute atomic E-state index is 0.889. The lowest BCUT2D eigenvalue weighted by Crippen LogP contribution is -2.08. The van der Waals surface area contributed by atoms with E-state index in [4.69, 9.17) is 4.74 Å². The van der Waals surface area contributed by atoms with Crippen molar-refractivity contribution in [3.05, 3.63) is 29.3 Å². The van der Waals surface area contributed by atoms with E-state index in [2.05, 4.69) is 25.1 Å². The fraction of sp³-hybridized carbons (Fsp3) is 0.500. The molecule has 13 heavy (non-hydrogen) atoms. The summed E-state index contributed by atoms with van der Waals surface area (Å²) in [6, 6.07) is 6.62. The summed E-state index contributed by atoms with van der Waals surface area (Å²) in [6.45, 7) is 3.11. The van der Waals surface area contributed by atoms with Crippen molar-refractivity contribution in [2.75, 3.05) is 6.61 Å². The van der Waals surface area contributed by atoms with Crippen LogP contribution >= 0.6 is 0 Å². The van der Waals surface area contributed by atoms with Gasteiger partial charge in [0.2, 0.25) is 0 Å². The van der Waals surface area contributed by atoms with Crippen LogP contribution in [0, 0.1) is 0 Å². The Labute approximate surface area is 79.7 Å². The standard InChI is InChI=1S/C12H16O/c1-2-4-10-6-7-12-11(9-10)5-3-8-13-12/h6-7,9H,2-5,8H2,1H3. The maximum absolute atomic E-state index is 5.56. The largest absolute Gasteiger partial charge is 0.493 e. The van der Waals surface area contributed by atoms with Gasteiger partial charge in [0.05, 0.1) is 6.61 Å². The normalized spacial score (nSPS) is 14.8. The van der Waals surface area contributed by atoms with Crippen LogP contribution in [0.4, 0.5) is 0 Å². The highest BCUT2D eigenvalue weighted by Gasteiger charge is 2.09. The van der Waals surface area contributed by atoms with Crippen molar-refractivity contribution < 1.29 is 4.74 Å².